The van der Waals surface area contributed by atoms with E-state index in [0.717, 1.165) is 76.8 Å². The number of nitrogens with zero attached hydrogens (tertiary/aromatic N) is 2. The maximum absolute atomic E-state index is 12.8. The molecular weight excluding hydrogens is 525 g/mol. The van der Waals surface area contributed by atoms with E-state index in [2.05, 4.69) is 41.0 Å². The molecule has 2 aromatic rings. The molecule has 5 rings (SSSR count). The molecule has 224 valence electrons. The highest BCUT2D eigenvalue weighted by Gasteiger charge is 2.41. The summed E-state index contributed by atoms with van der Waals surface area (Å²) in [6.07, 6.45) is 5.30. The van der Waals surface area contributed by atoms with Crippen LogP contribution < -0.4 is 0 Å². The van der Waals surface area contributed by atoms with Gasteiger partial charge in [-0.05, 0) is 93.1 Å². The molecule has 3 atom stereocenters. The van der Waals surface area contributed by atoms with E-state index in [1.54, 1.807) is 12.1 Å². The van der Waals surface area contributed by atoms with E-state index in [9.17, 15) is 23.1 Å². The summed E-state index contributed by atoms with van der Waals surface area (Å²) in [5.74, 6) is 1.31. The molecule has 2 heterocycles. The average molecular weight is 571 g/mol. The minimum atomic E-state index is -4.28. The molecule has 2 aromatic carbocycles. The quantitative estimate of drug-likeness (QED) is 0.306. The fraction of sp³-hybridized carbons (Fsp3) is 0.618. The summed E-state index contributed by atoms with van der Waals surface area (Å²) < 4.78 is 38.4. The summed E-state index contributed by atoms with van der Waals surface area (Å²) >= 11 is 0. The van der Waals surface area contributed by atoms with Crippen molar-refractivity contribution < 1.29 is 23.1 Å². The van der Waals surface area contributed by atoms with Crippen molar-refractivity contribution in [3.05, 3.63) is 70.8 Å². The number of aliphatic carboxylic acids is 1. The minimum absolute atomic E-state index is 0.347. The van der Waals surface area contributed by atoms with Crippen LogP contribution in [0.15, 0.2) is 48.5 Å². The molecule has 0 unspecified atom stereocenters. The molecule has 1 N–H and O–H groups in total. The molecule has 41 heavy (non-hydrogen) atoms. The molecular formula is C34H45F3N2O2. The normalized spacial score (nSPS) is 23.9. The Bertz CT molecular complexity index is 1140. The van der Waals surface area contributed by atoms with Crippen LogP contribution in [0.3, 0.4) is 0 Å². The Morgan fingerprint density at radius 2 is 1.73 bits per heavy atom. The van der Waals surface area contributed by atoms with Gasteiger partial charge in [-0.3, -0.25) is 9.69 Å². The fourth-order valence-corrected chi connectivity index (χ4v) is 7.32. The van der Waals surface area contributed by atoms with E-state index >= 15 is 0 Å². The molecule has 2 aliphatic heterocycles. The largest absolute Gasteiger partial charge is 0.480 e. The second-order valence-electron chi connectivity index (χ2n) is 13.0. The number of halogens is 3. The number of hydrogen-bond donors (Lipinski definition) is 1. The molecule has 0 radical (unpaired) electrons. The Labute approximate surface area is 242 Å². The molecule has 0 spiro atoms. The number of piperidine rings is 1. The molecule has 7 heteroatoms. The number of carbonyl (C=O) groups is 1. The molecule has 0 aromatic heterocycles. The summed E-state index contributed by atoms with van der Waals surface area (Å²) in [4.78, 5) is 17.2. The molecule has 4 nitrogen and oxygen atoms in total. The maximum Gasteiger partial charge on any atom is 0.416 e. The van der Waals surface area contributed by atoms with Crippen LogP contribution in [0.2, 0.25) is 0 Å². The molecule has 3 fully saturated rings. The third-order valence-electron chi connectivity index (χ3n) is 10.0. The third kappa shape index (κ3) is 7.92. The van der Waals surface area contributed by atoms with Gasteiger partial charge in [0.25, 0.3) is 0 Å². The first-order valence-electron chi connectivity index (χ1n) is 15.6. The highest BCUT2D eigenvalue weighted by molar-refractivity contribution is 5.73. The number of benzene rings is 2. The average Bonchev–Trinajstić information content (AvgIpc) is 3.32. The zero-order chi connectivity index (χ0) is 29.0. The van der Waals surface area contributed by atoms with Gasteiger partial charge in [0.1, 0.15) is 6.04 Å². The Kier molecular flexibility index (Phi) is 9.75. The molecule has 3 aliphatic rings. The van der Waals surface area contributed by atoms with Gasteiger partial charge in [0.15, 0.2) is 0 Å². The van der Waals surface area contributed by atoms with Gasteiger partial charge in [-0.15, -0.1) is 0 Å². The Hall–Kier alpha value is -2.38. The number of alkyl halides is 3. The van der Waals surface area contributed by atoms with E-state index in [4.69, 9.17) is 0 Å². The van der Waals surface area contributed by atoms with Crippen LogP contribution in [0.1, 0.15) is 79.5 Å². The first-order valence-corrected chi connectivity index (χ1v) is 15.6. The molecule has 1 saturated carbocycles. The fourth-order valence-electron chi connectivity index (χ4n) is 7.32. The van der Waals surface area contributed by atoms with Crippen LogP contribution in [-0.2, 0) is 17.4 Å². The van der Waals surface area contributed by atoms with Crippen LogP contribution in [0, 0.1) is 24.7 Å². The number of likely N-dealkylation sites (tertiary alicyclic amines) is 2. The number of rotatable bonds is 11. The summed E-state index contributed by atoms with van der Waals surface area (Å²) in [6.45, 7) is 6.92. The number of carboxylic acids is 1. The smallest absolute Gasteiger partial charge is 0.416 e. The van der Waals surface area contributed by atoms with Crippen molar-refractivity contribution in [3.8, 4) is 0 Å². The summed E-state index contributed by atoms with van der Waals surface area (Å²) in [5, 5.41) is 10.1. The topological polar surface area (TPSA) is 43.8 Å². The summed E-state index contributed by atoms with van der Waals surface area (Å²) in [6, 6.07) is 14.0. The van der Waals surface area contributed by atoms with E-state index in [-0.39, 0.29) is 6.04 Å². The van der Waals surface area contributed by atoms with Crippen molar-refractivity contribution in [2.75, 3.05) is 32.7 Å². The number of carboxylic acid groups (broad SMARTS) is 1. The lowest BCUT2D eigenvalue weighted by Crippen LogP contribution is -2.43. The van der Waals surface area contributed by atoms with Gasteiger partial charge in [0.05, 0.1) is 5.56 Å². The summed E-state index contributed by atoms with van der Waals surface area (Å²) in [5.41, 5.74) is 2.98. The van der Waals surface area contributed by atoms with Gasteiger partial charge in [0.2, 0.25) is 0 Å². The Morgan fingerprint density at radius 3 is 2.34 bits per heavy atom. The van der Waals surface area contributed by atoms with Crippen molar-refractivity contribution in [2.45, 2.75) is 82.8 Å². The molecule has 2 saturated heterocycles. The van der Waals surface area contributed by atoms with Crippen molar-refractivity contribution in [2.24, 2.45) is 17.8 Å². The molecule has 0 bridgehead atoms. The summed E-state index contributed by atoms with van der Waals surface area (Å²) in [7, 11) is 0. The first kappa shape index (κ1) is 30.1. The van der Waals surface area contributed by atoms with Crippen molar-refractivity contribution in [3.63, 3.8) is 0 Å². The van der Waals surface area contributed by atoms with Gasteiger partial charge >= 0.3 is 12.1 Å². The predicted molar refractivity (Wildman–Crippen MR) is 156 cm³/mol. The van der Waals surface area contributed by atoms with E-state index in [0.29, 0.717) is 23.7 Å². The van der Waals surface area contributed by atoms with Gasteiger partial charge in [-0.1, -0.05) is 67.6 Å². The van der Waals surface area contributed by atoms with Crippen molar-refractivity contribution in [1.82, 2.24) is 9.80 Å². The van der Waals surface area contributed by atoms with Crippen molar-refractivity contribution in [1.29, 1.82) is 0 Å². The standard InChI is InChI=1S/C34H45F3N2O2/c1-24-5-2-10-28(19-24)31-23-39(32(33(40)41)20-27-8-4-9-27)22-29(31)21-38-17-15-26(16-18-38)7-3-6-25-11-13-30(14-12-25)34(35,36)37/h2,5,10-14,19,26-27,29,31-32H,3-4,6-9,15-18,20-23H2,1H3,(H,40,41)/t29-,31+,32+/m0/s1. The van der Waals surface area contributed by atoms with Gasteiger partial charge in [-0.25, -0.2) is 0 Å². The third-order valence-corrected chi connectivity index (χ3v) is 10.0. The van der Waals surface area contributed by atoms with Gasteiger partial charge in [0, 0.05) is 25.6 Å². The van der Waals surface area contributed by atoms with E-state index in [1.807, 2.05) is 0 Å². The molecule has 1 aliphatic carbocycles. The van der Waals surface area contributed by atoms with Crippen LogP contribution >= 0.6 is 0 Å². The number of aryl methyl sites for hydroxylation is 2. The SMILES string of the molecule is Cc1cccc([C@H]2CN([C@H](CC3CCC3)C(=O)O)C[C@@H]2CN2CCC(CCCc3ccc(C(F)(F)F)cc3)CC2)c1. The first-order chi connectivity index (χ1) is 19.7. The Morgan fingerprint density at radius 1 is 1.00 bits per heavy atom. The van der Waals surface area contributed by atoms with Crippen LogP contribution in [-0.4, -0.2) is 59.6 Å². The zero-order valence-corrected chi connectivity index (χ0v) is 24.3. The highest BCUT2D eigenvalue weighted by atomic mass is 19.4. The number of hydrogen-bond acceptors (Lipinski definition) is 3. The molecule has 0 amide bonds. The second kappa shape index (κ2) is 13.3. The monoisotopic (exact) mass is 570 g/mol. The minimum Gasteiger partial charge on any atom is -0.480 e. The van der Waals surface area contributed by atoms with E-state index < -0.39 is 17.7 Å². The lowest BCUT2D eigenvalue weighted by atomic mass is 9.80. The second-order valence-corrected chi connectivity index (χ2v) is 13.0. The van der Waals surface area contributed by atoms with Crippen LogP contribution in [0.25, 0.3) is 0 Å². The predicted octanol–water partition coefficient (Wildman–Crippen LogP) is 7.41. The lowest BCUT2D eigenvalue weighted by molar-refractivity contribution is -0.144. The lowest BCUT2D eigenvalue weighted by Gasteiger charge is -2.35. The van der Waals surface area contributed by atoms with Gasteiger partial charge < -0.3 is 10.0 Å². The van der Waals surface area contributed by atoms with Crippen LogP contribution in [0.4, 0.5) is 13.2 Å². The van der Waals surface area contributed by atoms with Crippen molar-refractivity contribution >= 4 is 5.97 Å². The Balaban J connectivity index is 1.13. The highest BCUT2D eigenvalue weighted by Crippen LogP contribution is 2.39. The van der Waals surface area contributed by atoms with E-state index in [1.165, 1.54) is 42.5 Å². The maximum atomic E-state index is 12.8. The van der Waals surface area contributed by atoms with Crippen LogP contribution in [0.5, 0.6) is 0 Å². The van der Waals surface area contributed by atoms with Gasteiger partial charge in [-0.2, -0.15) is 13.2 Å². The zero-order valence-electron chi connectivity index (χ0n) is 24.3.